The lowest BCUT2D eigenvalue weighted by molar-refractivity contribution is -0.136. The first-order chi connectivity index (χ1) is 8.54. The number of amides is 2. The van der Waals surface area contributed by atoms with Crippen molar-refractivity contribution in [2.75, 3.05) is 19.6 Å². The second kappa shape index (κ2) is 7.36. The summed E-state index contributed by atoms with van der Waals surface area (Å²) >= 11 is 0. The van der Waals surface area contributed by atoms with Gasteiger partial charge < -0.3 is 16.4 Å². The number of hydrogen-bond acceptors (Lipinski definition) is 3. The first-order valence-corrected chi connectivity index (χ1v) is 6.81. The molecule has 2 amide bonds. The zero-order chi connectivity index (χ0) is 13.5. The van der Waals surface area contributed by atoms with Gasteiger partial charge in [0, 0.05) is 25.4 Å². The molecule has 0 spiro atoms. The van der Waals surface area contributed by atoms with Crippen molar-refractivity contribution in [1.29, 1.82) is 0 Å². The van der Waals surface area contributed by atoms with Gasteiger partial charge >= 0.3 is 0 Å². The van der Waals surface area contributed by atoms with Gasteiger partial charge in [-0.15, -0.1) is 0 Å². The lowest BCUT2D eigenvalue weighted by Crippen LogP contribution is -2.41. The molecule has 1 atom stereocenters. The minimum atomic E-state index is -0.240. The highest BCUT2D eigenvalue weighted by Crippen LogP contribution is 2.22. The molecule has 104 valence electrons. The fraction of sp³-hybridized carbons (Fsp3) is 0.846. The van der Waals surface area contributed by atoms with Crippen LogP contribution in [-0.2, 0) is 9.59 Å². The van der Waals surface area contributed by atoms with Gasteiger partial charge in [0.1, 0.15) is 0 Å². The highest BCUT2D eigenvalue weighted by atomic mass is 16.2. The molecular formula is C13H25N3O2. The lowest BCUT2D eigenvalue weighted by atomic mass is 9.92. The molecule has 1 rings (SSSR count). The number of piperidine rings is 1. The van der Waals surface area contributed by atoms with E-state index in [4.69, 9.17) is 11.5 Å². The minimum absolute atomic E-state index is 0.0567. The van der Waals surface area contributed by atoms with Crippen LogP contribution in [0.4, 0.5) is 0 Å². The Bertz CT molecular complexity index is 286. The summed E-state index contributed by atoms with van der Waals surface area (Å²) in [4.78, 5) is 24.9. The Kier molecular flexibility index (Phi) is 6.12. The SMILES string of the molecule is CC(CCCN)C(=O)N1CCC(CC(N)=O)CC1. The normalized spacial score (nSPS) is 18.7. The highest BCUT2D eigenvalue weighted by molar-refractivity contribution is 5.78. The van der Waals surface area contributed by atoms with Gasteiger partial charge in [0.05, 0.1) is 0 Å². The van der Waals surface area contributed by atoms with Crippen LogP contribution < -0.4 is 11.5 Å². The molecule has 1 aliphatic rings. The van der Waals surface area contributed by atoms with Gasteiger partial charge in [0.15, 0.2) is 0 Å². The number of nitrogens with zero attached hydrogens (tertiary/aromatic N) is 1. The third-order valence-corrected chi connectivity index (χ3v) is 3.68. The van der Waals surface area contributed by atoms with E-state index in [9.17, 15) is 9.59 Å². The molecule has 0 aromatic carbocycles. The quantitative estimate of drug-likeness (QED) is 0.723. The van der Waals surface area contributed by atoms with Crippen LogP contribution in [0.5, 0.6) is 0 Å². The molecule has 0 radical (unpaired) electrons. The van der Waals surface area contributed by atoms with Gasteiger partial charge in [-0.1, -0.05) is 6.92 Å². The van der Waals surface area contributed by atoms with Crippen molar-refractivity contribution in [1.82, 2.24) is 4.90 Å². The zero-order valence-corrected chi connectivity index (χ0v) is 11.2. The Morgan fingerprint density at radius 2 is 1.94 bits per heavy atom. The van der Waals surface area contributed by atoms with E-state index in [-0.39, 0.29) is 17.7 Å². The molecule has 1 aliphatic heterocycles. The minimum Gasteiger partial charge on any atom is -0.370 e. The van der Waals surface area contributed by atoms with Crippen LogP contribution in [0.1, 0.15) is 39.0 Å². The third kappa shape index (κ3) is 4.64. The number of hydrogen-bond donors (Lipinski definition) is 2. The van der Waals surface area contributed by atoms with Gasteiger partial charge in [0.2, 0.25) is 11.8 Å². The number of rotatable bonds is 6. The predicted molar refractivity (Wildman–Crippen MR) is 70.6 cm³/mol. The Morgan fingerprint density at radius 3 is 2.44 bits per heavy atom. The molecule has 1 unspecified atom stereocenters. The summed E-state index contributed by atoms with van der Waals surface area (Å²) in [5.74, 6) is 0.393. The number of carbonyl (C=O) groups excluding carboxylic acids is 2. The van der Waals surface area contributed by atoms with Gasteiger partial charge in [-0.05, 0) is 38.1 Å². The summed E-state index contributed by atoms with van der Waals surface area (Å²) in [6.07, 6.45) is 3.98. The largest absolute Gasteiger partial charge is 0.370 e. The summed E-state index contributed by atoms with van der Waals surface area (Å²) < 4.78 is 0. The van der Waals surface area contributed by atoms with E-state index in [2.05, 4.69) is 0 Å². The number of carbonyl (C=O) groups is 2. The molecule has 1 heterocycles. The molecule has 0 bridgehead atoms. The van der Waals surface area contributed by atoms with Crippen LogP contribution in [0.2, 0.25) is 0 Å². The Morgan fingerprint density at radius 1 is 1.33 bits per heavy atom. The van der Waals surface area contributed by atoms with E-state index in [1.54, 1.807) is 0 Å². The van der Waals surface area contributed by atoms with Crippen molar-refractivity contribution in [3.63, 3.8) is 0 Å². The maximum absolute atomic E-state index is 12.1. The standard InChI is InChI=1S/C13H25N3O2/c1-10(3-2-6-14)13(18)16-7-4-11(5-8-16)9-12(15)17/h10-11H,2-9,14H2,1H3,(H2,15,17). The Labute approximate surface area is 109 Å². The van der Waals surface area contributed by atoms with Gasteiger partial charge in [-0.25, -0.2) is 0 Å². The van der Waals surface area contributed by atoms with E-state index in [0.717, 1.165) is 38.8 Å². The van der Waals surface area contributed by atoms with Crippen molar-refractivity contribution in [2.45, 2.75) is 39.0 Å². The average Bonchev–Trinajstić information content (AvgIpc) is 2.35. The van der Waals surface area contributed by atoms with Crippen LogP contribution >= 0.6 is 0 Å². The molecule has 5 heteroatoms. The summed E-state index contributed by atoms with van der Waals surface area (Å²) in [7, 11) is 0. The monoisotopic (exact) mass is 255 g/mol. The molecule has 1 saturated heterocycles. The van der Waals surface area contributed by atoms with Gasteiger partial charge in [-0.2, -0.15) is 0 Å². The van der Waals surface area contributed by atoms with Gasteiger partial charge in [-0.3, -0.25) is 9.59 Å². The summed E-state index contributed by atoms with van der Waals surface area (Å²) in [5, 5.41) is 0. The second-order valence-corrected chi connectivity index (χ2v) is 5.27. The molecule has 0 aromatic rings. The van der Waals surface area contributed by atoms with E-state index in [1.165, 1.54) is 0 Å². The van der Waals surface area contributed by atoms with Crippen molar-refractivity contribution in [3.8, 4) is 0 Å². The molecule has 0 aliphatic carbocycles. The second-order valence-electron chi connectivity index (χ2n) is 5.27. The van der Waals surface area contributed by atoms with E-state index in [1.807, 2.05) is 11.8 Å². The first-order valence-electron chi connectivity index (χ1n) is 6.81. The Balaban J connectivity index is 2.33. The third-order valence-electron chi connectivity index (χ3n) is 3.68. The van der Waals surface area contributed by atoms with E-state index >= 15 is 0 Å². The number of likely N-dealkylation sites (tertiary alicyclic amines) is 1. The molecule has 0 aromatic heterocycles. The predicted octanol–water partition coefficient (Wildman–Crippen LogP) is 0.475. The maximum atomic E-state index is 12.1. The molecule has 1 fully saturated rings. The highest BCUT2D eigenvalue weighted by Gasteiger charge is 2.26. The lowest BCUT2D eigenvalue weighted by Gasteiger charge is -2.33. The van der Waals surface area contributed by atoms with Crippen LogP contribution in [0.15, 0.2) is 0 Å². The van der Waals surface area contributed by atoms with Crippen LogP contribution in [0.3, 0.4) is 0 Å². The number of primary amides is 1. The molecule has 0 saturated carbocycles. The Hall–Kier alpha value is -1.10. The summed E-state index contributed by atoms with van der Waals surface area (Å²) in [6.45, 7) is 4.11. The zero-order valence-electron chi connectivity index (χ0n) is 11.2. The summed E-state index contributed by atoms with van der Waals surface area (Å²) in [5.41, 5.74) is 10.6. The van der Waals surface area contributed by atoms with Gasteiger partial charge in [0.25, 0.3) is 0 Å². The molecule has 18 heavy (non-hydrogen) atoms. The average molecular weight is 255 g/mol. The van der Waals surface area contributed by atoms with Crippen LogP contribution in [0.25, 0.3) is 0 Å². The fourth-order valence-electron chi connectivity index (χ4n) is 2.50. The molecule has 5 nitrogen and oxygen atoms in total. The fourth-order valence-corrected chi connectivity index (χ4v) is 2.50. The first kappa shape index (κ1) is 15.0. The van der Waals surface area contributed by atoms with Crippen molar-refractivity contribution >= 4 is 11.8 Å². The summed E-state index contributed by atoms with van der Waals surface area (Å²) in [6, 6.07) is 0. The maximum Gasteiger partial charge on any atom is 0.225 e. The number of nitrogens with two attached hydrogens (primary N) is 2. The molecular weight excluding hydrogens is 230 g/mol. The van der Waals surface area contributed by atoms with Crippen molar-refractivity contribution < 1.29 is 9.59 Å². The molecule has 4 N–H and O–H groups in total. The topological polar surface area (TPSA) is 89.4 Å². The van der Waals surface area contributed by atoms with Crippen molar-refractivity contribution in [3.05, 3.63) is 0 Å². The van der Waals surface area contributed by atoms with Crippen molar-refractivity contribution in [2.24, 2.45) is 23.3 Å². The van der Waals surface area contributed by atoms with E-state index in [0.29, 0.717) is 18.9 Å². The smallest absolute Gasteiger partial charge is 0.225 e. The van der Waals surface area contributed by atoms with Crippen LogP contribution in [0, 0.1) is 11.8 Å². The van der Waals surface area contributed by atoms with E-state index < -0.39 is 0 Å². The van der Waals surface area contributed by atoms with Crippen LogP contribution in [-0.4, -0.2) is 36.3 Å².